The minimum Gasteiger partial charge on any atom is -0.481 e. The molecule has 2 N–H and O–H groups in total. The van der Waals surface area contributed by atoms with Crippen LogP contribution in [0.3, 0.4) is 0 Å². The zero-order chi connectivity index (χ0) is 13.4. The maximum absolute atomic E-state index is 11.2. The van der Waals surface area contributed by atoms with Crippen molar-refractivity contribution >= 4 is 34.7 Å². The Morgan fingerprint density at radius 2 is 2.32 bits per heavy atom. The summed E-state index contributed by atoms with van der Waals surface area (Å²) in [5, 5.41) is 1.78. The van der Waals surface area contributed by atoms with Gasteiger partial charge in [0.25, 0.3) is 0 Å². The third-order valence-corrected chi connectivity index (χ3v) is 3.74. The van der Waals surface area contributed by atoms with Crippen molar-refractivity contribution in [2.75, 3.05) is 7.11 Å². The summed E-state index contributed by atoms with van der Waals surface area (Å²) in [6, 6.07) is 3.63. The summed E-state index contributed by atoms with van der Waals surface area (Å²) in [5.74, 6) is 0.522. The molecule has 3 aromatic rings. The van der Waals surface area contributed by atoms with Crippen molar-refractivity contribution in [3.63, 3.8) is 0 Å². The molecule has 0 bridgehead atoms. The van der Waals surface area contributed by atoms with E-state index < -0.39 is 0 Å². The Labute approximate surface area is 116 Å². The fourth-order valence-corrected chi connectivity index (χ4v) is 2.67. The molecule has 0 fully saturated rings. The van der Waals surface area contributed by atoms with Crippen LogP contribution in [0.15, 0.2) is 22.3 Å². The van der Waals surface area contributed by atoms with Crippen LogP contribution in [0.1, 0.15) is 5.69 Å². The van der Waals surface area contributed by atoms with Crippen LogP contribution in [0.5, 0.6) is 5.88 Å². The smallest absolute Gasteiger partial charge is 0.304 e. The van der Waals surface area contributed by atoms with Crippen LogP contribution < -0.4 is 9.61 Å². The van der Waals surface area contributed by atoms with Crippen molar-refractivity contribution in [3.05, 3.63) is 37.6 Å². The molecule has 0 aliphatic carbocycles. The number of imidazole rings is 1. The van der Waals surface area contributed by atoms with Gasteiger partial charge >= 0.3 is 4.87 Å². The van der Waals surface area contributed by atoms with Crippen LogP contribution in [-0.2, 0) is 6.54 Å². The molecule has 8 heteroatoms. The summed E-state index contributed by atoms with van der Waals surface area (Å²) < 4.78 is 7.50. The maximum atomic E-state index is 11.2. The number of ether oxygens (including phenoxy) is 1. The van der Waals surface area contributed by atoms with Crippen LogP contribution >= 0.6 is 23.6 Å². The van der Waals surface area contributed by atoms with Crippen molar-refractivity contribution in [2.24, 2.45) is 0 Å². The van der Waals surface area contributed by atoms with Crippen molar-refractivity contribution in [3.8, 4) is 5.88 Å². The van der Waals surface area contributed by atoms with Crippen molar-refractivity contribution in [1.29, 1.82) is 0 Å². The highest BCUT2D eigenvalue weighted by Gasteiger charge is 2.08. The van der Waals surface area contributed by atoms with Crippen molar-refractivity contribution < 1.29 is 4.74 Å². The molecule has 0 saturated carbocycles. The predicted octanol–water partition coefficient (Wildman–Crippen LogP) is 1.90. The highest BCUT2D eigenvalue weighted by Crippen LogP contribution is 2.17. The third kappa shape index (κ3) is 2.20. The van der Waals surface area contributed by atoms with Gasteiger partial charge in [-0.1, -0.05) is 11.3 Å². The molecule has 0 amide bonds. The SMILES string of the molecule is COc1ccc2[nH]c(=S)n(Cc3csc(=O)[nH]3)c2n1. The van der Waals surface area contributed by atoms with Crippen LogP contribution in [0, 0.1) is 4.77 Å². The van der Waals surface area contributed by atoms with Gasteiger partial charge in [-0.2, -0.15) is 4.98 Å². The van der Waals surface area contributed by atoms with Gasteiger partial charge in [-0.05, 0) is 18.3 Å². The Hall–Kier alpha value is -1.93. The molecule has 3 aromatic heterocycles. The van der Waals surface area contributed by atoms with Gasteiger partial charge < -0.3 is 14.7 Å². The third-order valence-electron chi connectivity index (χ3n) is 2.70. The summed E-state index contributed by atoms with van der Waals surface area (Å²) in [6.07, 6.45) is 0. The number of nitrogens with one attached hydrogen (secondary N) is 2. The fourth-order valence-electron chi connectivity index (χ4n) is 1.84. The number of methoxy groups -OCH3 is 1. The molecular weight excluding hydrogens is 284 g/mol. The van der Waals surface area contributed by atoms with Crippen LogP contribution in [0.2, 0.25) is 0 Å². The van der Waals surface area contributed by atoms with E-state index >= 15 is 0 Å². The van der Waals surface area contributed by atoms with E-state index in [0.29, 0.717) is 22.8 Å². The molecule has 0 radical (unpaired) electrons. The molecule has 0 aromatic carbocycles. The Balaban J connectivity index is 2.13. The fraction of sp³-hybridized carbons (Fsp3) is 0.182. The summed E-state index contributed by atoms with van der Waals surface area (Å²) >= 11 is 6.41. The second-order valence-corrected chi connectivity index (χ2v) is 5.14. The molecule has 19 heavy (non-hydrogen) atoms. The minimum atomic E-state index is -0.0769. The first-order valence-corrected chi connectivity index (χ1v) is 6.76. The Bertz CT molecular complexity index is 842. The van der Waals surface area contributed by atoms with E-state index in [1.165, 1.54) is 0 Å². The van der Waals surface area contributed by atoms with Crippen LogP contribution in [-0.4, -0.2) is 26.6 Å². The minimum absolute atomic E-state index is 0.0769. The normalized spacial score (nSPS) is 11.0. The summed E-state index contributed by atoms with van der Waals surface area (Å²) in [4.78, 5) is 21.3. The number of aromatic nitrogens is 4. The average Bonchev–Trinajstić information content (AvgIpc) is 2.94. The molecule has 0 aliphatic rings. The van der Waals surface area contributed by atoms with Crippen LogP contribution in [0.25, 0.3) is 11.2 Å². The number of nitrogens with zero attached hydrogens (tertiary/aromatic N) is 2. The van der Waals surface area contributed by atoms with E-state index in [0.717, 1.165) is 22.5 Å². The summed E-state index contributed by atoms with van der Waals surface area (Å²) in [7, 11) is 1.57. The lowest BCUT2D eigenvalue weighted by Gasteiger charge is -2.03. The number of rotatable bonds is 3. The Morgan fingerprint density at radius 1 is 1.47 bits per heavy atom. The molecule has 0 saturated heterocycles. The lowest BCUT2D eigenvalue weighted by Crippen LogP contribution is -2.04. The topological polar surface area (TPSA) is 75.7 Å². The summed E-state index contributed by atoms with van der Waals surface area (Å²) in [5.41, 5.74) is 2.34. The first-order valence-electron chi connectivity index (χ1n) is 5.47. The molecule has 0 atom stereocenters. The second-order valence-electron chi connectivity index (χ2n) is 3.91. The van der Waals surface area contributed by atoms with E-state index in [1.807, 2.05) is 10.6 Å². The van der Waals surface area contributed by atoms with Crippen molar-refractivity contribution in [2.45, 2.75) is 6.54 Å². The first-order chi connectivity index (χ1) is 9.17. The predicted molar refractivity (Wildman–Crippen MR) is 75.5 cm³/mol. The lowest BCUT2D eigenvalue weighted by molar-refractivity contribution is 0.399. The molecule has 3 heterocycles. The van der Waals surface area contributed by atoms with Crippen molar-refractivity contribution in [1.82, 2.24) is 19.5 Å². The number of hydrogen-bond donors (Lipinski definition) is 2. The van der Waals surface area contributed by atoms with Gasteiger partial charge in [0.1, 0.15) is 0 Å². The number of fused-ring (bicyclic) bond motifs is 1. The van der Waals surface area contributed by atoms with Gasteiger partial charge in [0, 0.05) is 17.1 Å². The van der Waals surface area contributed by atoms with Gasteiger partial charge in [0.15, 0.2) is 10.4 Å². The number of hydrogen-bond acceptors (Lipinski definition) is 5. The standard InChI is InChI=1S/C11H10N4O2S2/c1-17-8-3-2-7-9(14-8)15(10(18)13-7)4-6-5-19-11(16)12-6/h2-3,5H,4H2,1H3,(H,12,16)(H,13,18). The largest absolute Gasteiger partial charge is 0.481 e. The van der Waals surface area contributed by atoms with Gasteiger partial charge in [0.05, 0.1) is 19.2 Å². The molecular formula is C11H10N4O2S2. The molecule has 3 rings (SSSR count). The van der Waals surface area contributed by atoms with E-state index in [4.69, 9.17) is 17.0 Å². The number of pyridine rings is 1. The second kappa shape index (κ2) is 4.63. The zero-order valence-corrected chi connectivity index (χ0v) is 11.6. The highest BCUT2D eigenvalue weighted by molar-refractivity contribution is 7.71. The molecule has 6 nitrogen and oxygen atoms in total. The van der Waals surface area contributed by atoms with Gasteiger partial charge in [-0.3, -0.25) is 9.36 Å². The zero-order valence-electron chi connectivity index (χ0n) is 9.97. The average molecular weight is 294 g/mol. The lowest BCUT2D eigenvalue weighted by atomic mass is 10.4. The maximum Gasteiger partial charge on any atom is 0.304 e. The number of thiazole rings is 1. The van der Waals surface area contributed by atoms with E-state index in [-0.39, 0.29) is 4.87 Å². The van der Waals surface area contributed by atoms with Gasteiger partial charge in [0.2, 0.25) is 5.88 Å². The van der Waals surface area contributed by atoms with Crippen LogP contribution in [0.4, 0.5) is 0 Å². The summed E-state index contributed by atoms with van der Waals surface area (Å²) in [6.45, 7) is 0.470. The Morgan fingerprint density at radius 3 is 3.00 bits per heavy atom. The number of aromatic amines is 2. The molecule has 0 aliphatic heterocycles. The van der Waals surface area contributed by atoms with Gasteiger partial charge in [-0.25, -0.2) is 0 Å². The van der Waals surface area contributed by atoms with E-state index in [2.05, 4.69) is 15.0 Å². The quantitative estimate of drug-likeness (QED) is 0.723. The molecule has 0 unspecified atom stereocenters. The molecule has 98 valence electrons. The first kappa shape index (κ1) is 12.1. The highest BCUT2D eigenvalue weighted by atomic mass is 32.1. The molecule has 0 spiro atoms. The van der Waals surface area contributed by atoms with E-state index in [1.54, 1.807) is 18.6 Å². The number of H-pyrrole nitrogens is 2. The van der Waals surface area contributed by atoms with E-state index in [9.17, 15) is 4.79 Å². The monoisotopic (exact) mass is 294 g/mol. The Kier molecular flexibility index (Phi) is 2.96. The van der Waals surface area contributed by atoms with Gasteiger partial charge in [-0.15, -0.1) is 0 Å².